The second-order valence-electron chi connectivity index (χ2n) is 5.71. The van der Waals surface area contributed by atoms with E-state index < -0.39 is 0 Å². The van der Waals surface area contributed by atoms with E-state index in [0.29, 0.717) is 5.92 Å². The van der Waals surface area contributed by atoms with Crippen molar-refractivity contribution in [3.8, 4) is 0 Å². The number of hydrogen-bond acceptors (Lipinski definition) is 1. The van der Waals surface area contributed by atoms with Crippen molar-refractivity contribution in [2.24, 2.45) is 5.92 Å². The van der Waals surface area contributed by atoms with Crippen LogP contribution >= 0.6 is 0 Å². The molecule has 1 fully saturated rings. The minimum absolute atomic E-state index is 0.142. The van der Waals surface area contributed by atoms with Crippen molar-refractivity contribution in [3.05, 3.63) is 41.5 Å². The number of likely N-dealkylation sites (tertiary alicyclic amines) is 1. The zero-order chi connectivity index (χ0) is 13.7. The van der Waals surface area contributed by atoms with Gasteiger partial charge in [0.2, 0.25) is 5.91 Å². The molecule has 0 spiro atoms. The van der Waals surface area contributed by atoms with Gasteiger partial charge in [0.05, 0.1) is 0 Å². The molecule has 0 aliphatic carbocycles. The van der Waals surface area contributed by atoms with E-state index >= 15 is 0 Å². The van der Waals surface area contributed by atoms with E-state index in [1.54, 1.807) is 6.08 Å². The van der Waals surface area contributed by atoms with Crippen LogP contribution in [-0.2, 0) is 11.2 Å². The zero-order valence-corrected chi connectivity index (χ0v) is 11.9. The fourth-order valence-corrected chi connectivity index (χ4v) is 2.45. The van der Waals surface area contributed by atoms with Crippen molar-refractivity contribution in [1.29, 1.82) is 0 Å². The highest BCUT2D eigenvalue weighted by Crippen LogP contribution is 2.12. The van der Waals surface area contributed by atoms with Crippen molar-refractivity contribution in [3.63, 3.8) is 0 Å². The third kappa shape index (κ3) is 4.23. The maximum Gasteiger partial charge on any atom is 0.246 e. The molecule has 0 saturated carbocycles. The van der Waals surface area contributed by atoms with E-state index in [1.165, 1.54) is 5.56 Å². The lowest BCUT2D eigenvalue weighted by atomic mass is 10.0. The van der Waals surface area contributed by atoms with E-state index in [-0.39, 0.29) is 5.91 Å². The molecule has 1 aromatic rings. The van der Waals surface area contributed by atoms with Gasteiger partial charge in [0.25, 0.3) is 0 Å². The van der Waals surface area contributed by atoms with Crippen molar-refractivity contribution >= 4 is 12.0 Å². The largest absolute Gasteiger partial charge is 0.339 e. The maximum atomic E-state index is 11.9. The Bertz CT molecular complexity index is 439. The van der Waals surface area contributed by atoms with Gasteiger partial charge in [-0.2, -0.15) is 0 Å². The van der Waals surface area contributed by atoms with Crippen LogP contribution in [-0.4, -0.2) is 23.9 Å². The number of benzene rings is 1. The summed E-state index contributed by atoms with van der Waals surface area (Å²) >= 11 is 0. The second kappa shape index (κ2) is 6.55. The lowest BCUT2D eigenvalue weighted by Crippen LogP contribution is -2.25. The Labute approximate surface area is 116 Å². The topological polar surface area (TPSA) is 20.3 Å². The molecule has 102 valence electrons. The lowest BCUT2D eigenvalue weighted by molar-refractivity contribution is -0.124. The van der Waals surface area contributed by atoms with Gasteiger partial charge in [-0.1, -0.05) is 38.1 Å². The molecule has 1 amide bonds. The summed E-state index contributed by atoms with van der Waals surface area (Å²) in [6, 6.07) is 8.48. The van der Waals surface area contributed by atoms with E-state index in [1.807, 2.05) is 11.0 Å². The minimum Gasteiger partial charge on any atom is -0.339 e. The molecule has 19 heavy (non-hydrogen) atoms. The fourth-order valence-electron chi connectivity index (χ4n) is 2.45. The molecule has 0 N–H and O–H groups in total. The molecule has 1 aromatic carbocycles. The fraction of sp³-hybridized carbons (Fsp3) is 0.471. The van der Waals surface area contributed by atoms with Crippen LogP contribution in [0.2, 0.25) is 0 Å². The normalized spacial score (nSPS) is 15.6. The van der Waals surface area contributed by atoms with Crippen LogP contribution in [0.3, 0.4) is 0 Å². The molecule has 0 aromatic heterocycles. The zero-order valence-electron chi connectivity index (χ0n) is 11.9. The van der Waals surface area contributed by atoms with Crippen LogP contribution in [0.5, 0.6) is 0 Å². The van der Waals surface area contributed by atoms with Crippen LogP contribution in [0.15, 0.2) is 30.3 Å². The van der Waals surface area contributed by atoms with Gasteiger partial charge < -0.3 is 4.90 Å². The Morgan fingerprint density at radius 2 is 1.84 bits per heavy atom. The first-order valence-electron chi connectivity index (χ1n) is 7.21. The van der Waals surface area contributed by atoms with E-state index in [9.17, 15) is 4.79 Å². The summed E-state index contributed by atoms with van der Waals surface area (Å²) in [5.41, 5.74) is 2.46. The highest BCUT2D eigenvalue weighted by Gasteiger charge is 2.14. The molecule has 0 bridgehead atoms. The molecule has 2 nitrogen and oxygen atoms in total. The first-order chi connectivity index (χ1) is 9.15. The molecule has 2 heteroatoms. The lowest BCUT2D eigenvalue weighted by Gasteiger charge is -2.11. The van der Waals surface area contributed by atoms with Crippen LogP contribution in [0.1, 0.15) is 37.8 Å². The van der Waals surface area contributed by atoms with Crippen molar-refractivity contribution in [1.82, 2.24) is 4.90 Å². The maximum absolute atomic E-state index is 11.9. The number of amides is 1. The Morgan fingerprint density at radius 3 is 2.42 bits per heavy atom. The summed E-state index contributed by atoms with van der Waals surface area (Å²) < 4.78 is 0. The third-order valence-corrected chi connectivity index (χ3v) is 3.46. The molecule has 0 unspecified atom stereocenters. The first-order valence-corrected chi connectivity index (χ1v) is 7.21. The molecule has 0 atom stereocenters. The predicted octanol–water partition coefficient (Wildman–Crippen LogP) is 3.52. The Morgan fingerprint density at radius 1 is 1.21 bits per heavy atom. The van der Waals surface area contributed by atoms with Gasteiger partial charge in [-0.3, -0.25) is 4.79 Å². The minimum atomic E-state index is 0.142. The predicted molar refractivity (Wildman–Crippen MR) is 79.8 cm³/mol. The summed E-state index contributed by atoms with van der Waals surface area (Å²) in [4.78, 5) is 13.8. The van der Waals surface area contributed by atoms with Crippen molar-refractivity contribution in [2.75, 3.05) is 13.1 Å². The Kier molecular flexibility index (Phi) is 4.78. The highest BCUT2D eigenvalue weighted by atomic mass is 16.2. The third-order valence-electron chi connectivity index (χ3n) is 3.46. The number of carbonyl (C=O) groups is 1. The Hall–Kier alpha value is -1.57. The molecule has 2 rings (SSSR count). The van der Waals surface area contributed by atoms with Gasteiger partial charge in [0.1, 0.15) is 0 Å². The Balaban J connectivity index is 1.93. The van der Waals surface area contributed by atoms with Crippen molar-refractivity contribution in [2.45, 2.75) is 33.1 Å². The van der Waals surface area contributed by atoms with Gasteiger partial charge in [-0.15, -0.1) is 0 Å². The van der Waals surface area contributed by atoms with E-state index in [4.69, 9.17) is 0 Å². The van der Waals surface area contributed by atoms with Crippen molar-refractivity contribution < 1.29 is 4.79 Å². The number of hydrogen-bond donors (Lipinski definition) is 0. The number of rotatable bonds is 4. The summed E-state index contributed by atoms with van der Waals surface area (Å²) in [6.07, 6.45) is 7.01. The summed E-state index contributed by atoms with van der Waals surface area (Å²) in [5.74, 6) is 0.821. The van der Waals surface area contributed by atoms with Gasteiger partial charge in [0, 0.05) is 19.2 Å². The molecule has 0 radical (unpaired) electrons. The molecule has 1 heterocycles. The molecular weight excluding hydrogens is 234 g/mol. The SMILES string of the molecule is CC(C)Cc1ccc(/C=C/C(=O)N2CCCC2)cc1. The standard InChI is InChI=1S/C17H23NO/c1-14(2)13-16-7-5-15(6-8-16)9-10-17(19)18-11-3-4-12-18/h5-10,14H,3-4,11-13H2,1-2H3/b10-9+. The van der Waals surface area contributed by atoms with E-state index in [2.05, 4.69) is 38.1 Å². The van der Waals surface area contributed by atoms with Crippen LogP contribution in [0.4, 0.5) is 0 Å². The summed E-state index contributed by atoms with van der Waals surface area (Å²) in [5, 5.41) is 0. The van der Waals surface area contributed by atoms with Gasteiger partial charge in [-0.25, -0.2) is 0 Å². The van der Waals surface area contributed by atoms with Gasteiger partial charge in [0.15, 0.2) is 0 Å². The highest BCUT2D eigenvalue weighted by molar-refractivity contribution is 5.91. The monoisotopic (exact) mass is 257 g/mol. The summed E-state index contributed by atoms with van der Waals surface area (Å²) in [6.45, 7) is 6.28. The summed E-state index contributed by atoms with van der Waals surface area (Å²) in [7, 11) is 0. The van der Waals surface area contributed by atoms with Crippen LogP contribution in [0.25, 0.3) is 6.08 Å². The quantitative estimate of drug-likeness (QED) is 0.756. The molecular formula is C17H23NO. The van der Waals surface area contributed by atoms with Gasteiger partial charge in [-0.05, 0) is 42.4 Å². The van der Waals surface area contributed by atoms with Crippen LogP contribution in [0, 0.1) is 5.92 Å². The average Bonchev–Trinajstić information content (AvgIpc) is 2.91. The molecule has 1 saturated heterocycles. The second-order valence-corrected chi connectivity index (χ2v) is 5.71. The number of carbonyl (C=O) groups excluding carboxylic acids is 1. The number of nitrogens with zero attached hydrogens (tertiary/aromatic N) is 1. The van der Waals surface area contributed by atoms with Gasteiger partial charge >= 0.3 is 0 Å². The first kappa shape index (κ1) is 13.9. The molecule has 1 aliphatic rings. The van der Waals surface area contributed by atoms with E-state index in [0.717, 1.165) is 37.9 Å². The van der Waals surface area contributed by atoms with Crippen LogP contribution < -0.4 is 0 Å². The molecule has 1 aliphatic heterocycles. The smallest absolute Gasteiger partial charge is 0.246 e. The average molecular weight is 257 g/mol.